The van der Waals surface area contributed by atoms with E-state index in [1.807, 2.05) is 29.6 Å². The highest BCUT2D eigenvalue weighted by molar-refractivity contribution is 9.10. The second-order valence-corrected chi connectivity index (χ2v) is 8.10. The molecule has 1 heterocycles. The number of carbonyl (C=O) groups is 1. The molecule has 1 aromatic carbocycles. The van der Waals surface area contributed by atoms with E-state index >= 15 is 0 Å². The van der Waals surface area contributed by atoms with Gasteiger partial charge >= 0.3 is 6.09 Å². The minimum Gasteiger partial charge on any atom is -0.444 e. The Bertz CT molecular complexity index is 877. The first-order chi connectivity index (χ1) is 12.2. The first-order valence-electron chi connectivity index (χ1n) is 7.76. The number of amides is 1. The molecule has 1 aromatic heterocycles. The number of hydrogen-bond donors (Lipinski definition) is 2. The number of benzene rings is 1. The van der Waals surface area contributed by atoms with Crippen molar-refractivity contribution in [2.24, 2.45) is 0 Å². The Morgan fingerprint density at radius 2 is 2.12 bits per heavy atom. The van der Waals surface area contributed by atoms with Crippen molar-refractivity contribution in [2.75, 3.05) is 5.32 Å². The van der Waals surface area contributed by atoms with Crippen LogP contribution in [0.25, 0.3) is 11.3 Å². The molecule has 7 heteroatoms. The van der Waals surface area contributed by atoms with Crippen molar-refractivity contribution in [2.45, 2.75) is 26.4 Å². The standard InChI is InChI=1S/C19H20BrN3O2S/c1-6-15(12(2)21-18(24)25-19(3,4)5)22-17-23-16(11-26-17)13-8-7-9-14(20)10-13/h7-11H,1-2H2,3-5H3,(H,21,24)(H,22,23). The zero-order valence-electron chi connectivity index (χ0n) is 14.9. The van der Waals surface area contributed by atoms with Gasteiger partial charge in [0.1, 0.15) is 11.3 Å². The van der Waals surface area contributed by atoms with Gasteiger partial charge in [-0.1, -0.05) is 41.2 Å². The van der Waals surface area contributed by atoms with Gasteiger partial charge in [-0.2, -0.15) is 0 Å². The van der Waals surface area contributed by atoms with Crippen molar-refractivity contribution in [3.05, 3.63) is 64.4 Å². The van der Waals surface area contributed by atoms with Gasteiger partial charge in [0, 0.05) is 15.4 Å². The lowest BCUT2D eigenvalue weighted by atomic mass is 10.2. The van der Waals surface area contributed by atoms with E-state index in [9.17, 15) is 4.79 Å². The summed E-state index contributed by atoms with van der Waals surface area (Å²) in [6.45, 7) is 12.8. The lowest BCUT2D eigenvalue weighted by molar-refractivity contribution is 0.0547. The maximum atomic E-state index is 11.9. The summed E-state index contributed by atoms with van der Waals surface area (Å²) in [4.78, 5) is 16.4. The van der Waals surface area contributed by atoms with Crippen LogP contribution in [0.3, 0.4) is 0 Å². The third kappa shape index (κ3) is 5.88. The number of anilines is 1. The fourth-order valence-corrected chi connectivity index (χ4v) is 3.06. The Balaban J connectivity index is 2.06. The SMILES string of the molecule is C=C=C(Nc1nc(-c2cccc(Br)c2)cs1)C(=C)NC(=O)OC(C)(C)C. The average molecular weight is 434 g/mol. The fourth-order valence-electron chi connectivity index (χ4n) is 1.93. The van der Waals surface area contributed by atoms with Crippen LogP contribution in [-0.2, 0) is 4.74 Å². The van der Waals surface area contributed by atoms with E-state index < -0.39 is 11.7 Å². The van der Waals surface area contributed by atoms with Gasteiger partial charge in [0.05, 0.1) is 11.4 Å². The van der Waals surface area contributed by atoms with Gasteiger partial charge in [0.2, 0.25) is 0 Å². The van der Waals surface area contributed by atoms with Crippen LogP contribution >= 0.6 is 27.3 Å². The fraction of sp³-hybridized carbons (Fsp3) is 0.211. The van der Waals surface area contributed by atoms with Crippen LogP contribution in [0.1, 0.15) is 20.8 Å². The van der Waals surface area contributed by atoms with Crippen LogP contribution in [0.15, 0.2) is 64.4 Å². The largest absolute Gasteiger partial charge is 0.444 e. The summed E-state index contributed by atoms with van der Waals surface area (Å²) in [7, 11) is 0. The van der Waals surface area contributed by atoms with E-state index in [-0.39, 0.29) is 0 Å². The summed E-state index contributed by atoms with van der Waals surface area (Å²) < 4.78 is 6.19. The highest BCUT2D eigenvalue weighted by Crippen LogP contribution is 2.27. The number of hydrogen-bond acceptors (Lipinski definition) is 5. The zero-order valence-corrected chi connectivity index (χ0v) is 17.3. The monoisotopic (exact) mass is 433 g/mol. The van der Waals surface area contributed by atoms with Crippen LogP contribution in [0.4, 0.5) is 9.93 Å². The molecule has 0 saturated heterocycles. The Morgan fingerprint density at radius 1 is 1.38 bits per heavy atom. The predicted molar refractivity (Wildman–Crippen MR) is 110 cm³/mol. The molecule has 136 valence electrons. The van der Waals surface area contributed by atoms with Gasteiger partial charge in [-0.05, 0) is 32.9 Å². The predicted octanol–water partition coefficient (Wildman–Crippen LogP) is 5.69. The number of thiazole rings is 1. The van der Waals surface area contributed by atoms with Crippen molar-refractivity contribution in [1.82, 2.24) is 10.3 Å². The van der Waals surface area contributed by atoms with E-state index in [1.165, 1.54) is 11.3 Å². The molecule has 0 aliphatic carbocycles. The van der Waals surface area contributed by atoms with Gasteiger partial charge in [0.15, 0.2) is 5.13 Å². The first kappa shape index (κ1) is 20.0. The van der Waals surface area contributed by atoms with E-state index in [2.05, 4.69) is 50.4 Å². The van der Waals surface area contributed by atoms with E-state index in [1.54, 1.807) is 20.8 Å². The summed E-state index contributed by atoms with van der Waals surface area (Å²) in [6, 6.07) is 7.89. The average Bonchev–Trinajstić information content (AvgIpc) is 2.99. The molecule has 2 rings (SSSR count). The minimum atomic E-state index is -0.593. The molecule has 0 spiro atoms. The molecule has 26 heavy (non-hydrogen) atoms. The number of rotatable bonds is 5. The van der Waals surface area contributed by atoms with Crippen molar-refractivity contribution in [3.63, 3.8) is 0 Å². The van der Waals surface area contributed by atoms with Crippen molar-refractivity contribution >= 4 is 38.5 Å². The van der Waals surface area contributed by atoms with E-state index in [0.717, 1.165) is 15.7 Å². The van der Waals surface area contributed by atoms with E-state index in [0.29, 0.717) is 16.5 Å². The third-order valence-electron chi connectivity index (χ3n) is 2.99. The molecule has 2 N–H and O–H groups in total. The Hall–Kier alpha value is -2.34. The highest BCUT2D eigenvalue weighted by Gasteiger charge is 2.18. The molecule has 0 aliphatic heterocycles. The van der Waals surface area contributed by atoms with Crippen LogP contribution in [0, 0.1) is 0 Å². The molecule has 5 nitrogen and oxygen atoms in total. The lowest BCUT2D eigenvalue weighted by Gasteiger charge is -2.20. The maximum Gasteiger partial charge on any atom is 0.412 e. The zero-order chi connectivity index (χ0) is 19.3. The summed E-state index contributed by atoms with van der Waals surface area (Å²) in [6.07, 6.45) is -0.592. The van der Waals surface area contributed by atoms with Crippen molar-refractivity contribution in [1.29, 1.82) is 0 Å². The van der Waals surface area contributed by atoms with Crippen molar-refractivity contribution in [3.8, 4) is 11.3 Å². The third-order valence-corrected chi connectivity index (χ3v) is 4.24. The highest BCUT2D eigenvalue weighted by atomic mass is 79.9. The van der Waals surface area contributed by atoms with Crippen LogP contribution in [0.5, 0.6) is 0 Å². The minimum absolute atomic E-state index is 0.299. The topological polar surface area (TPSA) is 63.2 Å². The number of alkyl carbamates (subject to hydrolysis) is 1. The Morgan fingerprint density at radius 3 is 2.73 bits per heavy atom. The number of carbonyl (C=O) groups excluding carboxylic acids is 1. The maximum absolute atomic E-state index is 11.9. The summed E-state index contributed by atoms with van der Waals surface area (Å²) in [5.74, 6) is 0. The van der Waals surface area contributed by atoms with Gasteiger partial charge in [-0.15, -0.1) is 17.1 Å². The Labute approximate surface area is 165 Å². The molecule has 0 fully saturated rings. The number of nitrogens with one attached hydrogen (secondary N) is 2. The van der Waals surface area contributed by atoms with Gasteiger partial charge in [-0.25, -0.2) is 9.78 Å². The molecule has 0 saturated carbocycles. The van der Waals surface area contributed by atoms with Gasteiger partial charge < -0.3 is 10.1 Å². The molecule has 0 bridgehead atoms. The van der Waals surface area contributed by atoms with Crippen LogP contribution in [-0.4, -0.2) is 16.7 Å². The molecule has 0 unspecified atom stereocenters. The second-order valence-electron chi connectivity index (χ2n) is 6.33. The Kier molecular flexibility index (Phi) is 6.42. The smallest absolute Gasteiger partial charge is 0.412 e. The van der Waals surface area contributed by atoms with Crippen molar-refractivity contribution < 1.29 is 9.53 Å². The van der Waals surface area contributed by atoms with E-state index in [4.69, 9.17) is 4.74 Å². The second kappa shape index (κ2) is 8.36. The molecule has 1 amide bonds. The number of nitrogens with zero attached hydrogens (tertiary/aromatic N) is 1. The number of ether oxygens (including phenoxy) is 1. The number of halogens is 1. The lowest BCUT2D eigenvalue weighted by Crippen LogP contribution is -2.32. The van der Waals surface area contributed by atoms with Crippen LogP contribution in [0.2, 0.25) is 0 Å². The normalized spacial score (nSPS) is 10.6. The van der Waals surface area contributed by atoms with Gasteiger partial charge in [0.25, 0.3) is 0 Å². The van der Waals surface area contributed by atoms with Crippen LogP contribution < -0.4 is 10.6 Å². The number of aromatic nitrogens is 1. The summed E-state index contributed by atoms with van der Waals surface area (Å²) in [5, 5.41) is 8.21. The van der Waals surface area contributed by atoms with Gasteiger partial charge in [-0.3, -0.25) is 5.32 Å². The molecule has 0 atom stereocenters. The molecular weight excluding hydrogens is 414 g/mol. The quantitative estimate of drug-likeness (QED) is 0.469. The first-order valence-corrected chi connectivity index (χ1v) is 9.43. The molecule has 0 radical (unpaired) electrons. The summed E-state index contributed by atoms with van der Waals surface area (Å²) >= 11 is 4.88. The molecular formula is C19H20BrN3O2S. The summed E-state index contributed by atoms with van der Waals surface area (Å²) in [5.41, 5.74) is 4.69. The molecule has 2 aromatic rings. The molecule has 0 aliphatic rings.